The van der Waals surface area contributed by atoms with Crippen molar-refractivity contribution in [3.63, 3.8) is 0 Å². The lowest BCUT2D eigenvalue weighted by Gasteiger charge is -2.42. The largest absolute Gasteiger partial charge is 0.501 e. The maximum Gasteiger partial charge on any atom is 0.409 e. The van der Waals surface area contributed by atoms with E-state index in [1.54, 1.807) is 24.0 Å². The molecule has 2 amide bonds. The van der Waals surface area contributed by atoms with Gasteiger partial charge in [0.05, 0.1) is 31.5 Å². The van der Waals surface area contributed by atoms with E-state index in [0.29, 0.717) is 24.3 Å². The summed E-state index contributed by atoms with van der Waals surface area (Å²) in [6.45, 7) is 4.69. The molecule has 1 aromatic rings. The number of amides is 2. The van der Waals surface area contributed by atoms with Crippen LogP contribution < -0.4 is 4.90 Å². The molecular weight excluding hydrogens is 591 g/mol. The van der Waals surface area contributed by atoms with Crippen LogP contribution in [0.5, 0.6) is 0 Å². The van der Waals surface area contributed by atoms with Crippen LogP contribution in [0.3, 0.4) is 0 Å². The van der Waals surface area contributed by atoms with Crippen molar-refractivity contribution in [1.29, 1.82) is 0 Å². The first-order valence-electron chi connectivity index (χ1n) is 10.3. The summed E-state index contributed by atoms with van der Waals surface area (Å²) in [4.78, 5) is 30.1. The number of rotatable bonds is 6. The number of likely N-dealkylation sites (tertiary alicyclic amines) is 1. The number of allylic oxidation sites excluding steroid dienone is 1. The number of hydrogen-bond donors (Lipinski definition) is 0. The first-order chi connectivity index (χ1) is 15.4. The van der Waals surface area contributed by atoms with Crippen LogP contribution in [0.15, 0.2) is 48.3 Å². The summed E-state index contributed by atoms with van der Waals surface area (Å²) < 4.78 is 17.2. The fourth-order valence-corrected chi connectivity index (χ4v) is 7.68. The molecule has 1 saturated carbocycles. The summed E-state index contributed by atoms with van der Waals surface area (Å²) in [6, 6.07) is 7.44. The minimum atomic E-state index is -0.442. The Morgan fingerprint density at radius 1 is 1.34 bits per heavy atom. The number of carbonyl (C=O) groups excluding carboxylic acids is 2. The van der Waals surface area contributed by atoms with E-state index >= 15 is 0 Å². The minimum absolute atomic E-state index is 0.0125. The van der Waals surface area contributed by atoms with E-state index in [0.717, 1.165) is 9.26 Å². The van der Waals surface area contributed by atoms with Crippen LogP contribution in [0.4, 0.5) is 10.5 Å². The van der Waals surface area contributed by atoms with Crippen molar-refractivity contribution in [2.45, 2.75) is 17.3 Å². The average Bonchev–Trinajstić information content (AvgIpc) is 3.22. The van der Waals surface area contributed by atoms with Gasteiger partial charge in [0.25, 0.3) is 5.91 Å². The van der Waals surface area contributed by atoms with Gasteiger partial charge in [-0.05, 0) is 40.6 Å². The number of para-hydroxylation sites is 1. The first-order valence-corrected chi connectivity index (χ1v) is 12.3. The summed E-state index contributed by atoms with van der Waals surface area (Å²) >= 11 is 6.06. The molecule has 5 atom stereocenters. The van der Waals surface area contributed by atoms with Crippen molar-refractivity contribution in [3.05, 3.63) is 51.8 Å². The zero-order chi connectivity index (χ0) is 23.2. The zero-order valence-corrected chi connectivity index (χ0v) is 22.0. The number of halogens is 2. The van der Waals surface area contributed by atoms with Gasteiger partial charge in [-0.1, -0.05) is 34.1 Å². The highest BCUT2D eigenvalue weighted by Gasteiger charge is 2.71. The summed E-state index contributed by atoms with van der Waals surface area (Å²) in [5.74, 6) is 0.384. The van der Waals surface area contributed by atoms with E-state index in [1.807, 2.05) is 30.3 Å². The molecule has 2 fully saturated rings. The Balaban J connectivity index is 1.84. The average molecular weight is 617 g/mol. The molecule has 0 N–H and O–H groups in total. The highest BCUT2D eigenvalue weighted by molar-refractivity contribution is 14.1. The van der Waals surface area contributed by atoms with Crippen LogP contribution in [0.1, 0.15) is 6.42 Å². The molecule has 9 heteroatoms. The van der Waals surface area contributed by atoms with Gasteiger partial charge in [-0.2, -0.15) is 0 Å². The van der Waals surface area contributed by atoms with Crippen molar-refractivity contribution < 1.29 is 23.8 Å². The van der Waals surface area contributed by atoms with Gasteiger partial charge in [-0.15, -0.1) is 6.58 Å². The number of nitrogens with zero attached hydrogens (tertiary/aromatic N) is 2. The maximum absolute atomic E-state index is 14.1. The fourth-order valence-electron chi connectivity index (χ4n) is 5.73. The Bertz CT molecular complexity index is 985. The number of carbonyl (C=O) groups is 2. The van der Waals surface area contributed by atoms with E-state index in [-0.39, 0.29) is 35.3 Å². The van der Waals surface area contributed by atoms with E-state index in [9.17, 15) is 9.59 Å². The zero-order valence-electron chi connectivity index (χ0n) is 18.2. The van der Waals surface area contributed by atoms with Crippen LogP contribution >= 0.6 is 38.5 Å². The Labute approximate surface area is 210 Å². The number of hydrogen-bond acceptors (Lipinski definition) is 5. The second kappa shape index (κ2) is 8.98. The highest BCUT2D eigenvalue weighted by atomic mass is 127. The normalized spacial score (nSPS) is 30.3. The van der Waals surface area contributed by atoms with Gasteiger partial charge in [0.2, 0.25) is 0 Å². The second-order valence-electron chi connectivity index (χ2n) is 8.28. The SMILES string of the molecule is C=CC12CN(C(=O)OC)C3C(Br)C1CC(OC)=C(C(=O)N(COC)c1ccccc1I)C32. The van der Waals surface area contributed by atoms with E-state index in [2.05, 4.69) is 45.1 Å². The van der Waals surface area contributed by atoms with Crippen molar-refractivity contribution in [2.75, 3.05) is 39.5 Å². The molecule has 4 bridgehead atoms. The minimum Gasteiger partial charge on any atom is -0.501 e. The van der Waals surface area contributed by atoms with Gasteiger partial charge < -0.3 is 19.1 Å². The van der Waals surface area contributed by atoms with Gasteiger partial charge in [-0.25, -0.2) is 4.79 Å². The smallest absolute Gasteiger partial charge is 0.409 e. The highest BCUT2D eigenvalue weighted by Crippen LogP contribution is 2.66. The predicted octanol–water partition coefficient (Wildman–Crippen LogP) is 4.16. The molecule has 1 heterocycles. The van der Waals surface area contributed by atoms with Gasteiger partial charge in [0, 0.05) is 39.8 Å². The molecule has 0 aromatic heterocycles. The van der Waals surface area contributed by atoms with Crippen molar-refractivity contribution >= 4 is 56.2 Å². The maximum atomic E-state index is 14.1. The third kappa shape index (κ3) is 3.30. The van der Waals surface area contributed by atoms with E-state index < -0.39 is 11.5 Å². The van der Waals surface area contributed by atoms with Crippen LogP contribution in [-0.2, 0) is 19.0 Å². The number of benzene rings is 1. The van der Waals surface area contributed by atoms with E-state index in [4.69, 9.17) is 14.2 Å². The van der Waals surface area contributed by atoms with Crippen molar-refractivity contribution in [1.82, 2.24) is 4.90 Å². The van der Waals surface area contributed by atoms with Crippen molar-refractivity contribution in [3.8, 4) is 0 Å². The topological polar surface area (TPSA) is 68.3 Å². The van der Waals surface area contributed by atoms with Crippen molar-refractivity contribution in [2.24, 2.45) is 17.3 Å². The molecular formula is C23H26BrIN2O5. The standard InChI is InChI=1S/C23H26BrIN2O5/c1-5-23-11-26(22(29)32-4)20-18(23)17(16(31-3)10-13(23)19(20)24)21(28)27(12-30-2)15-9-7-6-8-14(15)25/h5-9,13,18-20H,1,10-12H2,2-4H3. The van der Waals surface area contributed by atoms with Gasteiger partial charge in [0.15, 0.2) is 0 Å². The molecule has 0 radical (unpaired) electrons. The van der Waals surface area contributed by atoms with Crippen LogP contribution in [0, 0.1) is 20.8 Å². The lowest BCUT2D eigenvalue weighted by Crippen LogP contribution is -2.49. The Kier molecular flexibility index (Phi) is 6.61. The molecule has 1 aromatic carbocycles. The number of methoxy groups -OCH3 is 3. The molecule has 1 saturated heterocycles. The quantitative estimate of drug-likeness (QED) is 0.208. The van der Waals surface area contributed by atoms with E-state index in [1.165, 1.54) is 7.11 Å². The number of anilines is 1. The number of alkyl halides is 1. The third-order valence-corrected chi connectivity index (χ3v) is 9.15. The summed E-state index contributed by atoms with van der Waals surface area (Å²) in [6.07, 6.45) is 2.12. The molecule has 0 spiro atoms. The fraction of sp³-hybridized carbons (Fsp3) is 0.478. The van der Waals surface area contributed by atoms with Gasteiger partial charge in [0.1, 0.15) is 12.5 Å². The predicted molar refractivity (Wildman–Crippen MR) is 132 cm³/mol. The van der Waals surface area contributed by atoms with Gasteiger partial charge >= 0.3 is 6.09 Å². The Morgan fingerprint density at radius 3 is 2.66 bits per heavy atom. The lowest BCUT2D eigenvalue weighted by atomic mass is 9.65. The lowest BCUT2D eigenvalue weighted by molar-refractivity contribution is -0.117. The Hall–Kier alpha value is -1.59. The monoisotopic (exact) mass is 616 g/mol. The number of ether oxygens (including phenoxy) is 3. The summed E-state index contributed by atoms with van der Waals surface area (Å²) in [5, 5.41) is 0. The van der Waals surface area contributed by atoms with Gasteiger partial charge in [-0.3, -0.25) is 9.69 Å². The van der Waals surface area contributed by atoms with Crippen LogP contribution in [0.25, 0.3) is 0 Å². The molecule has 3 aliphatic rings. The summed E-state index contributed by atoms with van der Waals surface area (Å²) in [5.41, 5.74) is 0.907. The molecule has 32 heavy (non-hydrogen) atoms. The molecule has 5 unspecified atom stereocenters. The van der Waals surface area contributed by atoms with Crippen LogP contribution in [-0.4, -0.2) is 62.4 Å². The first kappa shape index (κ1) is 23.6. The number of piperidine rings is 1. The summed E-state index contributed by atoms with van der Waals surface area (Å²) in [7, 11) is 4.55. The Morgan fingerprint density at radius 2 is 2.06 bits per heavy atom. The molecule has 2 aliphatic carbocycles. The molecule has 7 nitrogen and oxygen atoms in total. The van der Waals surface area contributed by atoms with Crippen LogP contribution in [0.2, 0.25) is 0 Å². The third-order valence-electron chi connectivity index (χ3n) is 7.05. The molecule has 1 aliphatic heterocycles. The second-order valence-corrected chi connectivity index (χ2v) is 10.5. The molecule has 4 rings (SSSR count). The molecule has 172 valence electrons.